The van der Waals surface area contributed by atoms with E-state index < -0.39 is 12.6 Å². The first kappa shape index (κ1) is 13.0. The van der Waals surface area contributed by atoms with Crippen molar-refractivity contribution in [3.63, 3.8) is 0 Å². The SMILES string of the molecule is COC(=O)c1cnoc1-c1ccccc1OC(F)F. The Morgan fingerprint density at radius 2 is 2.11 bits per heavy atom. The van der Waals surface area contributed by atoms with Crippen molar-refractivity contribution < 1.29 is 27.6 Å². The summed E-state index contributed by atoms with van der Waals surface area (Å²) < 4.78 is 38.4. The fraction of sp³-hybridized carbons (Fsp3) is 0.167. The third kappa shape index (κ3) is 2.70. The second kappa shape index (κ2) is 5.47. The summed E-state index contributed by atoms with van der Waals surface area (Å²) in [6.45, 7) is -2.98. The van der Waals surface area contributed by atoms with E-state index in [-0.39, 0.29) is 22.6 Å². The van der Waals surface area contributed by atoms with Crippen LogP contribution in [0, 0.1) is 0 Å². The fourth-order valence-electron chi connectivity index (χ4n) is 1.54. The molecule has 0 amide bonds. The minimum Gasteiger partial charge on any atom is -0.465 e. The van der Waals surface area contributed by atoms with Crippen molar-refractivity contribution in [3.05, 3.63) is 36.0 Å². The van der Waals surface area contributed by atoms with E-state index in [1.807, 2.05) is 0 Å². The van der Waals surface area contributed by atoms with Gasteiger partial charge in [0.1, 0.15) is 11.3 Å². The van der Waals surface area contributed by atoms with Crippen molar-refractivity contribution in [3.8, 4) is 17.1 Å². The van der Waals surface area contributed by atoms with Crippen LogP contribution in [0.5, 0.6) is 5.75 Å². The Bertz CT molecular complexity index is 583. The molecular weight excluding hydrogens is 260 g/mol. The van der Waals surface area contributed by atoms with Gasteiger partial charge in [-0.1, -0.05) is 17.3 Å². The summed E-state index contributed by atoms with van der Waals surface area (Å²) in [5, 5.41) is 3.47. The van der Waals surface area contributed by atoms with E-state index in [2.05, 4.69) is 14.6 Å². The van der Waals surface area contributed by atoms with Gasteiger partial charge < -0.3 is 14.0 Å². The molecule has 0 atom stereocenters. The number of carbonyl (C=O) groups is 1. The zero-order valence-electron chi connectivity index (χ0n) is 9.80. The van der Waals surface area contributed by atoms with Gasteiger partial charge in [-0.05, 0) is 12.1 Å². The molecule has 5 nitrogen and oxygen atoms in total. The van der Waals surface area contributed by atoms with Crippen molar-refractivity contribution in [1.82, 2.24) is 5.16 Å². The molecular formula is C12H9F2NO4. The van der Waals surface area contributed by atoms with Gasteiger partial charge in [0.2, 0.25) is 0 Å². The van der Waals surface area contributed by atoms with Gasteiger partial charge in [0.25, 0.3) is 0 Å². The number of benzene rings is 1. The summed E-state index contributed by atoms with van der Waals surface area (Å²) in [5.41, 5.74) is 0.230. The number of hydrogen-bond donors (Lipinski definition) is 0. The van der Waals surface area contributed by atoms with E-state index >= 15 is 0 Å². The summed E-state index contributed by atoms with van der Waals surface area (Å²) in [7, 11) is 1.20. The van der Waals surface area contributed by atoms with Crippen molar-refractivity contribution in [1.29, 1.82) is 0 Å². The second-order valence-electron chi connectivity index (χ2n) is 3.43. The highest BCUT2D eigenvalue weighted by Gasteiger charge is 2.22. The van der Waals surface area contributed by atoms with Crippen LogP contribution in [-0.4, -0.2) is 24.8 Å². The van der Waals surface area contributed by atoms with E-state index in [9.17, 15) is 13.6 Å². The van der Waals surface area contributed by atoms with Gasteiger partial charge in [0.05, 0.1) is 18.9 Å². The summed E-state index contributed by atoms with van der Waals surface area (Å²) in [4.78, 5) is 11.5. The lowest BCUT2D eigenvalue weighted by molar-refractivity contribution is -0.0495. The number of nitrogens with zero attached hydrogens (tertiary/aromatic N) is 1. The molecule has 0 fully saturated rings. The first-order valence-corrected chi connectivity index (χ1v) is 5.20. The standard InChI is InChI=1S/C12H9F2NO4/c1-17-11(16)8-6-15-19-10(8)7-4-2-3-5-9(7)18-12(13)14/h2-6,12H,1H3. The highest BCUT2D eigenvalue weighted by Crippen LogP contribution is 2.33. The summed E-state index contributed by atoms with van der Waals surface area (Å²) in [5.74, 6) is -0.773. The van der Waals surface area contributed by atoms with Gasteiger partial charge in [-0.15, -0.1) is 0 Å². The molecule has 1 aromatic heterocycles. The first-order valence-electron chi connectivity index (χ1n) is 5.20. The van der Waals surface area contributed by atoms with Crippen molar-refractivity contribution in [2.75, 3.05) is 7.11 Å². The monoisotopic (exact) mass is 269 g/mol. The normalized spacial score (nSPS) is 10.5. The molecule has 0 spiro atoms. The quantitative estimate of drug-likeness (QED) is 0.798. The Labute approximate surface area is 106 Å². The van der Waals surface area contributed by atoms with E-state index in [1.165, 1.54) is 25.3 Å². The zero-order chi connectivity index (χ0) is 13.8. The average Bonchev–Trinajstić information content (AvgIpc) is 2.87. The Kier molecular flexibility index (Phi) is 3.74. The molecule has 0 unspecified atom stereocenters. The van der Waals surface area contributed by atoms with Crippen LogP contribution in [-0.2, 0) is 4.74 Å². The molecule has 0 N–H and O–H groups in total. The lowest BCUT2D eigenvalue weighted by atomic mass is 10.1. The van der Waals surface area contributed by atoms with Crippen LogP contribution in [0.25, 0.3) is 11.3 Å². The smallest absolute Gasteiger partial charge is 0.387 e. The largest absolute Gasteiger partial charge is 0.465 e. The first-order chi connectivity index (χ1) is 9.13. The van der Waals surface area contributed by atoms with Crippen LogP contribution < -0.4 is 4.74 Å². The second-order valence-corrected chi connectivity index (χ2v) is 3.43. The Hall–Kier alpha value is -2.44. The number of alkyl halides is 2. The third-order valence-electron chi connectivity index (χ3n) is 2.32. The number of methoxy groups -OCH3 is 1. The Morgan fingerprint density at radius 3 is 2.79 bits per heavy atom. The lowest BCUT2D eigenvalue weighted by Crippen LogP contribution is -2.05. The van der Waals surface area contributed by atoms with E-state index in [4.69, 9.17) is 4.52 Å². The predicted molar refractivity (Wildman–Crippen MR) is 59.9 cm³/mol. The summed E-state index contributed by atoms with van der Waals surface area (Å²) in [6.07, 6.45) is 1.15. The maximum absolute atomic E-state index is 12.3. The number of hydrogen-bond acceptors (Lipinski definition) is 5. The number of rotatable bonds is 4. The van der Waals surface area contributed by atoms with Crippen molar-refractivity contribution in [2.45, 2.75) is 6.61 Å². The molecule has 0 aliphatic rings. The Morgan fingerprint density at radius 1 is 1.37 bits per heavy atom. The number of aromatic nitrogens is 1. The van der Waals surface area contributed by atoms with E-state index in [0.29, 0.717) is 0 Å². The highest BCUT2D eigenvalue weighted by atomic mass is 19.3. The number of halogens is 2. The number of carbonyl (C=O) groups excluding carboxylic acids is 1. The van der Waals surface area contributed by atoms with E-state index in [0.717, 1.165) is 6.20 Å². The van der Waals surface area contributed by atoms with Gasteiger partial charge in [0.15, 0.2) is 5.76 Å². The molecule has 2 aromatic rings. The molecule has 7 heteroatoms. The molecule has 0 saturated heterocycles. The average molecular weight is 269 g/mol. The van der Waals surface area contributed by atoms with Crippen LogP contribution in [0.3, 0.4) is 0 Å². The molecule has 19 heavy (non-hydrogen) atoms. The zero-order valence-corrected chi connectivity index (χ0v) is 9.80. The van der Waals surface area contributed by atoms with Crippen LogP contribution >= 0.6 is 0 Å². The van der Waals surface area contributed by atoms with Gasteiger partial charge >= 0.3 is 12.6 Å². The molecule has 100 valence electrons. The van der Waals surface area contributed by atoms with Gasteiger partial charge in [0, 0.05) is 0 Å². The summed E-state index contributed by atoms with van der Waals surface area (Å²) in [6, 6.07) is 5.93. The molecule has 0 bridgehead atoms. The lowest BCUT2D eigenvalue weighted by Gasteiger charge is -2.08. The maximum atomic E-state index is 12.3. The van der Waals surface area contributed by atoms with Crippen LogP contribution in [0.4, 0.5) is 8.78 Å². The van der Waals surface area contributed by atoms with E-state index in [1.54, 1.807) is 6.07 Å². The molecule has 0 aliphatic heterocycles. The number of ether oxygens (including phenoxy) is 2. The van der Waals surface area contributed by atoms with Gasteiger partial charge in [-0.3, -0.25) is 0 Å². The topological polar surface area (TPSA) is 61.6 Å². The predicted octanol–water partition coefficient (Wildman–Crippen LogP) is 2.73. The minimum absolute atomic E-state index is 0.0168. The van der Waals surface area contributed by atoms with Crippen molar-refractivity contribution >= 4 is 5.97 Å². The minimum atomic E-state index is -2.98. The van der Waals surface area contributed by atoms with Crippen LogP contribution in [0.2, 0.25) is 0 Å². The molecule has 0 aliphatic carbocycles. The fourth-order valence-corrected chi connectivity index (χ4v) is 1.54. The third-order valence-corrected chi connectivity index (χ3v) is 2.32. The summed E-state index contributed by atoms with van der Waals surface area (Å²) >= 11 is 0. The Balaban J connectivity index is 2.47. The molecule has 1 aromatic carbocycles. The molecule has 1 heterocycles. The molecule has 2 rings (SSSR count). The van der Waals surface area contributed by atoms with Crippen LogP contribution in [0.15, 0.2) is 35.0 Å². The van der Waals surface area contributed by atoms with Gasteiger partial charge in [-0.25, -0.2) is 4.79 Å². The maximum Gasteiger partial charge on any atom is 0.387 e. The van der Waals surface area contributed by atoms with Gasteiger partial charge in [-0.2, -0.15) is 8.78 Å². The molecule has 0 saturated carbocycles. The number of esters is 1. The number of para-hydroxylation sites is 1. The van der Waals surface area contributed by atoms with Crippen LogP contribution in [0.1, 0.15) is 10.4 Å². The highest BCUT2D eigenvalue weighted by molar-refractivity contribution is 5.96. The molecule has 0 radical (unpaired) electrons. The van der Waals surface area contributed by atoms with Crippen molar-refractivity contribution in [2.24, 2.45) is 0 Å².